The number of non-ortho nitro benzene ring substituents is 1. The lowest BCUT2D eigenvalue weighted by Gasteiger charge is -2.24. The molecule has 0 saturated carbocycles. The molecule has 0 aliphatic carbocycles. The molecule has 1 heterocycles. The predicted molar refractivity (Wildman–Crippen MR) is 86.2 cm³/mol. The third-order valence-electron chi connectivity index (χ3n) is 3.38. The van der Waals surface area contributed by atoms with Crippen molar-refractivity contribution in [1.82, 2.24) is 14.7 Å². The van der Waals surface area contributed by atoms with Crippen LogP contribution in [0.15, 0.2) is 30.6 Å². The molecule has 7 nitrogen and oxygen atoms in total. The van der Waals surface area contributed by atoms with Gasteiger partial charge in [0.2, 0.25) is 0 Å². The molecular weight excluding hydrogens is 306 g/mol. The molecule has 0 aliphatic rings. The number of nitro groups is 1. The van der Waals surface area contributed by atoms with Gasteiger partial charge in [-0.05, 0) is 20.2 Å². The number of hydrogen-bond acceptors (Lipinski definition) is 5. The molecular formula is C14H18ClN5O2. The molecule has 1 atom stereocenters. The molecule has 0 radical (unpaired) electrons. The van der Waals surface area contributed by atoms with E-state index in [1.54, 1.807) is 10.7 Å². The van der Waals surface area contributed by atoms with Crippen LogP contribution in [0.25, 0.3) is 0 Å². The van der Waals surface area contributed by atoms with Crippen molar-refractivity contribution in [2.24, 2.45) is 7.05 Å². The number of anilines is 1. The number of nitrogens with one attached hydrogen (secondary N) is 1. The van der Waals surface area contributed by atoms with Crippen molar-refractivity contribution in [3.63, 3.8) is 0 Å². The minimum absolute atomic E-state index is 0.0213. The van der Waals surface area contributed by atoms with Crippen LogP contribution in [0.3, 0.4) is 0 Å². The lowest BCUT2D eigenvalue weighted by atomic mass is 10.1. The lowest BCUT2D eigenvalue weighted by Crippen LogP contribution is -2.26. The quantitative estimate of drug-likeness (QED) is 0.653. The van der Waals surface area contributed by atoms with Gasteiger partial charge in [0.25, 0.3) is 5.69 Å². The molecule has 0 spiro atoms. The summed E-state index contributed by atoms with van der Waals surface area (Å²) < 4.78 is 1.75. The SMILES string of the molecule is CN(C)C(CNc1ccc([N+](=O)[O-])cc1Cl)c1cnn(C)c1. The van der Waals surface area contributed by atoms with Crippen LogP contribution in [0.1, 0.15) is 11.6 Å². The fourth-order valence-corrected chi connectivity index (χ4v) is 2.42. The van der Waals surface area contributed by atoms with Gasteiger partial charge in [-0.25, -0.2) is 0 Å². The molecule has 0 bridgehead atoms. The van der Waals surface area contributed by atoms with Gasteiger partial charge in [-0.3, -0.25) is 14.8 Å². The Bertz CT molecular complexity index is 671. The van der Waals surface area contributed by atoms with Crippen molar-refractivity contribution in [2.75, 3.05) is 26.0 Å². The second-order valence-corrected chi connectivity index (χ2v) is 5.64. The number of aryl methyl sites for hydroxylation is 1. The average Bonchev–Trinajstić information content (AvgIpc) is 2.86. The highest BCUT2D eigenvalue weighted by molar-refractivity contribution is 6.33. The first kappa shape index (κ1) is 16.3. The van der Waals surface area contributed by atoms with E-state index in [1.165, 1.54) is 12.1 Å². The average molecular weight is 324 g/mol. The normalized spacial score (nSPS) is 12.4. The van der Waals surface area contributed by atoms with E-state index < -0.39 is 4.92 Å². The van der Waals surface area contributed by atoms with Crippen LogP contribution >= 0.6 is 11.6 Å². The Balaban J connectivity index is 2.11. The number of hydrogen-bond donors (Lipinski definition) is 1. The summed E-state index contributed by atoms with van der Waals surface area (Å²) in [7, 11) is 5.84. The Morgan fingerprint density at radius 1 is 1.50 bits per heavy atom. The van der Waals surface area contributed by atoms with Gasteiger partial charge in [-0.1, -0.05) is 11.6 Å². The van der Waals surface area contributed by atoms with E-state index in [0.717, 1.165) is 5.56 Å². The van der Waals surface area contributed by atoms with E-state index in [-0.39, 0.29) is 11.7 Å². The first-order valence-corrected chi connectivity index (χ1v) is 7.09. The first-order chi connectivity index (χ1) is 10.4. The van der Waals surface area contributed by atoms with Crippen molar-refractivity contribution in [2.45, 2.75) is 6.04 Å². The fourth-order valence-electron chi connectivity index (χ4n) is 2.18. The Hall–Kier alpha value is -2.12. The highest BCUT2D eigenvalue weighted by Crippen LogP contribution is 2.27. The van der Waals surface area contributed by atoms with Gasteiger partial charge in [-0.15, -0.1) is 0 Å². The molecule has 0 saturated heterocycles. The standard InChI is InChI=1S/C14H18ClN5O2/c1-18(2)14(10-7-17-19(3)9-10)8-16-13-5-4-11(20(21)22)6-12(13)15/h4-7,9,14,16H,8H2,1-3H3. The van der Waals surface area contributed by atoms with Gasteiger partial charge >= 0.3 is 0 Å². The highest BCUT2D eigenvalue weighted by Gasteiger charge is 2.17. The Morgan fingerprint density at radius 3 is 2.73 bits per heavy atom. The smallest absolute Gasteiger partial charge is 0.271 e. The van der Waals surface area contributed by atoms with Crippen molar-refractivity contribution in [3.05, 3.63) is 51.3 Å². The Morgan fingerprint density at radius 2 is 2.23 bits per heavy atom. The van der Waals surface area contributed by atoms with E-state index in [9.17, 15) is 10.1 Å². The predicted octanol–water partition coefficient (Wildman–Crippen LogP) is 2.70. The summed E-state index contributed by atoms with van der Waals surface area (Å²) in [5, 5.41) is 18.5. The zero-order chi connectivity index (χ0) is 16.3. The largest absolute Gasteiger partial charge is 0.382 e. The zero-order valence-corrected chi connectivity index (χ0v) is 13.4. The molecule has 2 rings (SSSR count). The van der Waals surface area contributed by atoms with Crippen LogP contribution in [-0.4, -0.2) is 40.2 Å². The molecule has 1 aromatic heterocycles. The van der Waals surface area contributed by atoms with Crippen molar-refractivity contribution < 1.29 is 4.92 Å². The van der Waals surface area contributed by atoms with E-state index in [0.29, 0.717) is 17.3 Å². The number of nitro benzene ring substituents is 1. The maximum atomic E-state index is 10.7. The number of halogens is 1. The molecule has 1 aromatic carbocycles. The Kier molecular flexibility index (Phi) is 4.99. The third-order valence-corrected chi connectivity index (χ3v) is 3.70. The second-order valence-electron chi connectivity index (χ2n) is 5.23. The summed E-state index contributed by atoms with van der Waals surface area (Å²) in [4.78, 5) is 12.3. The van der Waals surface area contributed by atoms with Gasteiger partial charge in [0.1, 0.15) is 0 Å². The molecule has 2 aromatic rings. The molecule has 1 N–H and O–H groups in total. The van der Waals surface area contributed by atoms with Gasteiger partial charge in [0.15, 0.2) is 0 Å². The summed E-state index contributed by atoms with van der Waals surface area (Å²) in [5.74, 6) is 0. The van der Waals surface area contributed by atoms with Crippen LogP contribution < -0.4 is 5.32 Å². The van der Waals surface area contributed by atoms with Crippen LogP contribution in [0.5, 0.6) is 0 Å². The second kappa shape index (κ2) is 6.76. The topological polar surface area (TPSA) is 76.2 Å². The maximum absolute atomic E-state index is 10.7. The van der Waals surface area contributed by atoms with E-state index in [1.807, 2.05) is 33.5 Å². The number of benzene rings is 1. The molecule has 8 heteroatoms. The lowest BCUT2D eigenvalue weighted by molar-refractivity contribution is -0.384. The minimum Gasteiger partial charge on any atom is -0.382 e. The maximum Gasteiger partial charge on any atom is 0.271 e. The number of rotatable bonds is 6. The van der Waals surface area contributed by atoms with Gasteiger partial charge in [0.05, 0.1) is 27.9 Å². The van der Waals surface area contributed by atoms with Gasteiger partial charge in [0, 0.05) is 37.5 Å². The van der Waals surface area contributed by atoms with E-state index in [2.05, 4.69) is 15.3 Å². The molecule has 1 unspecified atom stereocenters. The van der Waals surface area contributed by atoms with Gasteiger partial charge in [-0.2, -0.15) is 5.10 Å². The van der Waals surface area contributed by atoms with Crippen LogP contribution in [0.2, 0.25) is 5.02 Å². The third kappa shape index (κ3) is 3.75. The molecule has 0 amide bonds. The van der Waals surface area contributed by atoms with Gasteiger partial charge < -0.3 is 10.2 Å². The number of aromatic nitrogens is 2. The summed E-state index contributed by atoms with van der Waals surface area (Å²) in [5.41, 5.74) is 1.73. The van der Waals surface area contributed by atoms with Crippen LogP contribution in [-0.2, 0) is 7.05 Å². The summed E-state index contributed by atoms with van der Waals surface area (Å²) in [6.45, 7) is 0.607. The summed E-state index contributed by atoms with van der Waals surface area (Å²) in [6, 6.07) is 4.51. The van der Waals surface area contributed by atoms with Crippen molar-refractivity contribution in [3.8, 4) is 0 Å². The zero-order valence-electron chi connectivity index (χ0n) is 12.7. The highest BCUT2D eigenvalue weighted by atomic mass is 35.5. The first-order valence-electron chi connectivity index (χ1n) is 6.71. The van der Waals surface area contributed by atoms with Crippen molar-refractivity contribution in [1.29, 1.82) is 0 Å². The van der Waals surface area contributed by atoms with Crippen molar-refractivity contribution >= 4 is 23.0 Å². The molecule has 0 fully saturated rings. The van der Waals surface area contributed by atoms with Crippen LogP contribution in [0, 0.1) is 10.1 Å². The minimum atomic E-state index is -0.464. The van der Waals surface area contributed by atoms with E-state index >= 15 is 0 Å². The van der Waals surface area contributed by atoms with E-state index in [4.69, 9.17) is 11.6 Å². The summed E-state index contributed by atoms with van der Waals surface area (Å²) >= 11 is 6.09. The fraction of sp³-hybridized carbons (Fsp3) is 0.357. The number of likely N-dealkylation sites (N-methyl/N-ethyl adjacent to an activating group) is 1. The Labute approximate surface area is 133 Å². The molecule has 118 valence electrons. The summed E-state index contributed by atoms with van der Waals surface area (Å²) in [6.07, 6.45) is 3.79. The number of nitrogens with zero attached hydrogens (tertiary/aromatic N) is 4. The molecule has 22 heavy (non-hydrogen) atoms. The van der Waals surface area contributed by atoms with Crippen LogP contribution in [0.4, 0.5) is 11.4 Å². The monoisotopic (exact) mass is 323 g/mol. The molecule has 0 aliphatic heterocycles.